The summed E-state index contributed by atoms with van der Waals surface area (Å²) in [5, 5.41) is 0.0790. The van der Waals surface area contributed by atoms with E-state index in [9.17, 15) is 9.59 Å². The molecular weight excluding hydrogens is 264 g/mol. The lowest BCUT2D eigenvalue weighted by molar-refractivity contribution is 0.460. The Hall–Kier alpha value is -1.81. The zero-order valence-corrected chi connectivity index (χ0v) is 11.0. The molecule has 0 amide bonds. The Morgan fingerprint density at radius 3 is 2.84 bits per heavy atom. The first-order valence-electron chi connectivity index (χ1n) is 6.26. The molecule has 0 saturated heterocycles. The van der Waals surface area contributed by atoms with Crippen LogP contribution in [0.15, 0.2) is 39.9 Å². The highest BCUT2D eigenvalue weighted by Gasteiger charge is 2.23. The molecule has 1 aromatic carbocycles. The van der Waals surface area contributed by atoms with Crippen molar-refractivity contribution >= 4 is 11.6 Å². The van der Waals surface area contributed by atoms with Crippen molar-refractivity contribution in [1.82, 2.24) is 9.55 Å². The number of halogens is 1. The summed E-state index contributed by atoms with van der Waals surface area (Å²) in [6.07, 6.45) is 2.75. The van der Waals surface area contributed by atoms with E-state index in [-0.39, 0.29) is 16.8 Å². The molecule has 0 saturated carbocycles. The van der Waals surface area contributed by atoms with Crippen molar-refractivity contribution in [3.63, 3.8) is 0 Å². The van der Waals surface area contributed by atoms with Gasteiger partial charge in [-0.15, -0.1) is 0 Å². The minimum absolute atomic E-state index is 0.0790. The van der Waals surface area contributed by atoms with Gasteiger partial charge in [0.25, 0.3) is 5.56 Å². The third-order valence-corrected chi connectivity index (χ3v) is 3.79. The van der Waals surface area contributed by atoms with Crippen molar-refractivity contribution in [1.29, 1.82) is 0 Å². The van der Waals surface area contributed by atoms with Crippen molar-refractivity contribution in [3.05, 3.63) is 67.4 Å². The molecule has 0 radical (unpaired) electrons. The zero-order valence-electron chi connectivity index (χ0n) is 10.2. The molecule has 1 aromatic heterocycles. The second kappa shape index (κ2) is 4.70. The molecule has 5 heteroatoms. The summed E-state index contributed by atoms with van der Waals surface area (Å²) in [7, 11) is 0. The van der Waals surface area contributed by atoms with Crippen LogP contribution in [0.1, 0.15) is 30.0 Å². The minimum atomic E-state index is -0.445. The Bertz CT molecular complexity index is 701. The smallest absolute Gasteiger partial charge is 0.298 e. The Kier molecular flexibility index (Phi) is 3.03. The standard InChI is InChI=1S/C14H13ClN2O2/c15-12-8-13(18)17(14(19)16-12)11-7-3-5-9-4-1-2-6-10(9)11/h1-2,4,6,8,11H,3,5,7H2,(H,16,19). The fourth-order valence-electron chi connectivity index (χ4n) is 2.77. The predicted molar refractivity (Wildman–Crippen MR) is 73.9 cm³/mol. The SMILES string of the molecule is O=c1cc(Cl)[nH]c(=O)n1C1CCCc2ccccc21. The van der Waals surface area contributed by atoms with Crippen LogP contribution in [0.3, 0.4) is 0 Å². The first-order valence-corrected chi connectivity index (χ1v) is 6.64. The van der Waals surface area contributed by atoms with Crippen LogP contribution in [0.4, 0.5) is 0 Å². The van der Waals surface area contributed by atoms with Crippen LogP contribution >= 0.6 is 11.6 Å². The summed E-state index contributed by atoms with van der Waals surface area (Å²) in [5.74, 6) is 0. The van der Waals surface area contributed by atoms with Crippen LogP contribution in [-0.2, 0) is 6.42 Å². The quantitative estimate of drug-likeness (QED) is 0.811. The lowest BCUT2D eigenvalue weighted by Crippen LogP contribution is -2.39. The first-order chi connectivity index (χ1) is 9.16. The molecule has 1 aliphatic rings. The van der Waals surface area contributed by atoms with Crippen LogP contribution in [0.25, 0.3) is 0 Å². The van der Waals surface area contributed by atoms with E-state index in [4.69, 9.17) is 11.6 Å². The van der Waals surface area contributed by atoms with Gasteiger partial charge in [0.15, 0.2) is 0 Å². The lowest BCUT2D eigenvalue weighted by Gasteiger charge is -2.26. The first kappa shape index (κ1) is 12.2. The number of nitrogens with one attached hydrogen (secondary N) is 1. The third kappa shape index (κ3) is 2.12. The van der Waals surface area contributed by atoms with E-state index in [0.717, 1.165) is 24.8 Å². The third-order valence-electron chi connectivity index (χ3n) is 3.58. The summed E-state index contributed by atoms with van der Waals surface area (Å²) in [6, 6.07) is 9.01. The molecule has 1 atom stereocenters. The number of aryl methyl sites for hydroxylation is 1. The molecule has 0 spiro atoms. The number of hydrogen-bond acceptors (Lipinski definition) is 2. The number of aromatic nitrogens is 2. The van der Waals surface area contributed by atoms with Crippen LogP contribution in [0, 0.1) is 0 Å². The van der Waals surface area contributed by atoms with Gasteiger partial charge in [0, 0.05) is 6.07 Å². The van der Waals surface area contributed by atoms with E-state index < -0.39 is 5.69 Å². The predicted octanol–water partition coefficient (Wildman–Crippen LogP) is 2.12. The number of nitrogens with zero attached hydrogens (tertiary/aromatic N) is 1. The number of rotatable bonds is 1. The highest BCUT2D eigenvalue weighted by atomic mass is 35.5. The molecule has 1 unspecified atom stereocenters. The van der Waals surface area contributed by atoms with E-state index in [2.05, 4.69) is 11.1 Å². The van der Waals surface area contributed by atoms with E-state index >= 15 is 0 Å². The molecular formula is C14H13ClN2O2. The van der Waals surface area contributed by atoms with Crippen LogP contribution in [-0.4, -0.2) is 9.55 Å². The normalized spacial score (nSPS) is 18.1. The summed E-state index contributed by atoms with van der Waals surface area (Å²) in [4.78, 5) is 26.5. The van der Waals surface area contributed by atoms with Crippen molar-refractivity contribution in [2.75, 3.05) is 0 Å². The molecule has 1 aliphatic carbocycles. The van der Waals surface area contributed by atoms with Gasteiger partial charge in [0.05, 0.1) is 6.04 Å². The Morgan fingerprint density at radius 1 is 1.26 bits per heavy atom. The molecule has 2 aromatic rings. The maximum Gasteiger partial charge on any atom is 0.330 e. The Balaban J connectivity index is 2.20. The Labute approximate surface area is 114 Å². The summed E-state index contributed by atoms with van der Waals surface area (Å²) in [5.41, 5.74) is 1.47. The van der Waals surface area contributed by atoms with Gasteiger partial charge in [-0.25, -0.2) is 4.79 Å². The van der Waals surface area contributed by atoms with Crippen molar-refractivity contribution in [2.45, 2.75) is 25.3 Å². The lowest BCUT2D eigenvalue weighted by atomic mass is 9.87. The van der Waals surface area contributed by atoms with Crippen molar-refractivity contribution in [3.8, 4) is 0 Å². The van der Waals surface area contributed by atoms with Crippen LogP contribution in [0.2, 0.25) is 5.15 Å². The minimum Gasteiger partial charge on any atom is -0.298 e. The molecule has 19 heavy (non-hydrogen) atoms. The topological polar surface area (TPSA) is 54.9 Å². The largest absolute Gasteiger partial charge is 0.330 e. The van der Waals surface area contributed by atoms with Gasteiger partial charge < -0.3 is 0 Å². The van der Waals surface area contributed by atoms with Crippen molar-refractivity contribution < 1.29 is 0 Å². The highest BCUT2D eigenvalue weighted by molar-refractivity contribution is 6.29. The Morgan fingerprint density at radius 2 is 2.05 bits per heavy atom. The number of benzene rings is 1. The van der Waals surface area contributed by atoms with Gasteiger partial charge in [-0.05, 0) is 30.4 Å². The molecule has 0 bridgehead atoms. The maximum atomic E-state index is 12.0. The van der Waals surface area contributed by atoms with E-state index in [0.29, 0.717) is 0 Å². The zero-order chi connectivity index (χ0) is 13.4. The maximum absolute atomic E-state index is 12.0. The van der Waals surface area contributed by atoms with Crippen LogP contribution < -0.4 is 11.2 Å². The van der Waals surface area contributed by atoms with Gasteiger partial charge in [0.1, 0.15) is 5.15 Å². The number of H-pyrrole nitrogens is 1. The summed E-state index contributed by atoms with van der Waals surface area (Å²) < 4.78 is 1.27. The van der Waals surface area contributed by atoms with Crippen LogP contribution in [0.5, 0.6) is 0 Å². The summed E-state index contributed by atoms with van der Waals surface area (Å²) >= 11 is 5.69. The summed E-state index contributed by atoms with van der Waals surface area (Å²) in [6.45, 7) is 0. The number of fused-ring (bicyclic) bond motifs is 1. The molecule has 1 heterocycles. The van der Waals surface area contributed by atoms with Gasteiger partial charge in [-0.2, -0.15) is 0 Å². The van der Waals surface area contributed by atoms with E-state index in [1.807, 2.05) is 18.2 Å². The molecule has 4 nitrogen and oxygen atoms in total. The van der Waals surface area contributed by atoms with Gasteiger partial charge >= 0.3 is 5.69 Å². The van der Waals surface area contributed by atoms with Gasteiger partial charge in [-0.3, -0.25) is 14.3 Å². The second-order valence-corrected chi connectivity index (χ2v) is 5.14. The molecule has 0 aliphatic heterocycles. The molecule has 1 N–H and O–H groups in total. The average Bonchev–Trinajstić information content (AvgIpc) is 2.38. The fraction of sp³-hybridized carbons (Fsp3) is 0.286. The van der Waals surface area contributed by atoms with E-state index in [1.54, 1.807) is 0 Å². The van der Waals surface area contributed by atoms with Gasteiger partial charge in [0.2, 0.25) is 0 Å². The van der Waals surface area contributed by atoms with E-state index in [1.165, 1.54) is 16.2 Å². The number of hydrogen-bond donors (Lipinski definition) is 1. The molecule has 3 rings (SSSR count). The average molecular weight is 277 g/mol. The second-order valence-electron chi connectivity index (χ2n) is 4.74. The fourth-order valence-corrected chi connectivity index (χ4v) is 2.94. The highest BCUT2D eigenvalue weighted by Crippen LogP contribution is 2.30. The molecule has 0 fully saturated rings. The monoisotopic (exact) mass is 276 g/mol. The van der Waals surface area contributed by atoms with Crippen molar-refractivity contribution in [2.24, 2.45) is 0 Å². The molecule has 98 valence electrons. The van der Waals surface area contributed by atoms with Gasteiger partial charge in [-0.1, -0.05) is 35.9 Å². The number of aromatic amines is 1.